The van der Waals surface area contributed by atoms with Crippen LogP contribution in [0.1, 0.15) is 30.4 Å². The van der Waals surface area contributed by atoms with E-state index >= 15 is 0 Å². The summed E-state index contributed by atoms with van der Waals surface area (Å²) < 4.78 is 0.493. The van der Waals surface area contributed by atoms with Crippen LogP contribution < -0.4 is 16.2 Å². The van der Waals surface area contributed by atoms with E-state index in [4.69, 9.17) is 11.6 Å². The highest BCUT2D eigenvalue weighted by Gasteiger charge is 2.19. The number of hydrogen-bond donors (Lipinski definition) is 3. The molecule has 0 bridgehead atoms. The Morgan fingerprint density at radius 3 is 1.78 bits per heavy atom. The first-order chi connectivity index (χ1) is 17.6. The number of halogens is 1. The predicted molar refractivity (Wildman–Crippen MR) is 136 cm³/mol. The second-order valence-corrected chi connectivity index (χ2v) is 8.86. The van der Waals surface area contributed by atoms with Crippen molar-refractivity contribution < 1.29 is 24.2 Å². The van der Waals surface area contributed by atoms with Gasteiger partial charge in [0.1, 0.15) is 4.88 Å². The lowest BCUT2D eigenvalue weighted by molar-refractivity contribution is -0.385. The lowest BCUT2D eigenvalue weighted by Gasteiger charge is -2.09. The zero-order valence-electron chi connectivity index (χ0n) is 18.4. The largest absolute Gasteiger partial charge is 0.321 e. The molecule has 186 valence electrons. The molecule has 3 amide bonds. The van der Waals surface area contributed by atoms with Gasteiger partial charge in [-0.1, -0.05) is 11.6 Å². The molecule has 4 rings (SSSR count). The van der Waals surface area contributed by atoms with Crippen LogP contribution in [0.5, 0.6) is 0 Å². The van der Waals surface area contributed by atoms with Gasteiger partial charge in [0.15, 0.2) is 0 Å². The summed E-state index contributed by atoms with van der Waals surface area (Å²) in [4.78, 5) is 57.9. The first-order valence-corrected chi connectivity index (χ1v) is 11.5. The maximum atomic E-state index is 12.7. The van der Waals surface area contributed by atoms with E-state index in [2.05, 4.69) is 16.2 Å². The van der Waals surface area contributed by atoms with E-state index in [0.717, 1.165) is 11.3 Å². The van der Waals surface area contributed by atoms with Crippen LogP contribution in [0.3, 0.4) is 0 Å². The zero-order valence-corrected chi connectivity index (χ0v) is 20.0. The maximum absolute atomic E-state index is 12.7. The summed E-state index contributed by atoms with van der Waals surface area (Å²) in [6.45, 7) is 0. The zero-order chi connectivity index (χ0) is 26.7. The number of thiophene rings is 1. The minimum Gasteiger partial charge on any atom is -0.321 e. The van der Waals surface area contributed by atoms with E-state index in [9.17, 15) is 34.6 Å². The molecule has 0 fully saturated rings. The molecule has 14 heteroatoms. The number of anilines is 1. The predicted octanol–water partition coefficient (Wildman–Crippen LogP) is 4.70. The van der Waals surface area contributed by atoms with Crippen LogP contribution in [0.4, 0.5) is 17.1 Å². The van der Waals surface area contributed by atoms with Crippen molar-refractivity contribution in [3.8, 4) is 0 Å². The quantitative estimate of drug-likeness (QED) is 0.235. The molecule has 1 heterocycles. The van der Waals surface area contributed by atoms with Crippen molar-refractivity contribution in [1.82, 2.24) is 10.9 Å². The molecule has 3 N–H and O–H groups in total. The third-order valence-electron chi connectivity index (χ3n) is 5.06. The number of carbonyl (C=O) groups excluding carboxylic acids is 3. The number of amides is 3. The van der Waals surface area contributed by atoms with Crippen LogP contribution in [-0.4, -0.2) is 27.6 Å². The molecule has 0 aliphatic carbocycles. The van der Waals surface area contributed by atoms with E-state index in [-0.39, 0.29) is 32.4 Å². The summed E-state index contributed by atoms with van der Waals surface area (Å²) in [6, 6.07) is 14.7. The minimum absolute atomic E-state index is 0.110. The van der Waals surface area contributed by atoms with Gasteiger partial charge in [0.05, 0.1) is 14.9 Å². The Hall–Kier alpha value is -4.88. The monoisotopic (exact) mass is 539 g/mol. The fourth-order valence-corrected chi connectivity index (χ4v) is 4.64. The van der Waals surface area contributed by atoms with Gasteiger partial charge < -0.3 is 5.32 Å². The molecular formula is C23H14ClN5O7S. The molecular weight excluding hydrogens is 526 g/mol. The first-order valence-electron chi connectivity index (χ1n) is 10.3. The van der Waals surface area contributed by atoms with Gasteiger partial charge in [-0.3, -0.25) is 45.5 Å². The summed E-state index contributed by atoms with van der Waals surface area (Å²) in [5, 5.41) is 25.0. The van der Waals surface area contributed by atoms with E-state index in [1.807, 2.05) is 0 Å². The number of rotatable bonds is 6. The first kappa shape index (κ1) is 25.2. The van der Waals surface area contributed by atoms with Crippen LogP contribution in [-0.2, 0) is 0 Å². The molecule has 0 saturated carbocycles. The molecule has 0 saturated heterocycles. The highest BCUT2D eigenvalue weighted by molar-refractivity contribution is 7.21. The Bertz CT molecular complexity index is 1570. The van der Waals surface area contributed by atoms with E-state index in [1.54, 1.807) is 0 Å². The highest BCUT2D eigenvalue weighted by atomic mass is 35.5. The van der Waals surface area contributed by atoms with Gasteiger partial charge in [-0.2, -0.15) is 0 Å². The Labute approximate surface area is 216 Å². The molecule has 0 radical (unpaired) electrons. The van der Waals surface area contributed by atoms with Crippen molar-refractivity contribution in [1.29, 1.82) is 0 Å². The van der Waals surface area contributed by atoms with Gasteiger partial charge >= 0.3 is 0 Å². The second kappa shape index (κ2) is 10.4. The molecule has 3 aromatic carbocycles. The molecule has 12 nitrogen and oxygen atoms in total. The van der Waals surface area contributed by atoms with Gasteiger partial charge in [0.25, 0.3) is 29.1 Å². The Kier molecular flexibility index (Phi) is 7.08. The van der Waals surface area contributed by atoms with Crippen LogP contribution in [0.25, 0.3) is 10.1 Å². The fraction of sp³-hybridized carbons (Fsp3) is 0. The minimum atomic E-state index is -0.669. The number of nitro groups is 2. The SMILES string of the molecule is O=C(NNC(=O)c1ccc([N+](=O)[O-])cc1)c1ccc(NC(=O)c2sc3cc([N+](=O)[O-])ccc3c2Cl)cc1. The smallest absolute Gasteiger partial charge is 0.270 e. The summed E-state index contributed by atoms with van der Waals surface area (Å²) >= 11 is 7.32. The highest BCUT2D eigenvalue weighted by Crippen LogP contribution is 2.37. The average Bonchev–Trinajstić information content (AvgIpc) is 3.23. The number of nitrogens with one attached hydrogen (secondary N) is 3. The molecule has 0 aliphatic rings. The molecule has 4 aromatic rings. The maximum Gasteiger partial charge on any atom is 0.270 e. The van der Waals surface area contributed by atoms with Crippen LogP contribution in [0.2, 0.25) is 5.02 Å². The standard InChI is InChI=1S/C23H14ClN5O7S/c24-19-17-10-9-16(29(35)36)11-18(17)37-20(19)23(32)25-14-5-1-12(2-6-14)21(30)26-27-22(31)13-3-7-15(8-4-13)28(33)34/h1-11H,(H,25,32)(H,26,30)(H,27,31). The lowest BCUT2D eigenvalue weighted by Crippen LogP contribution is -2.41. The molecule has 0 aliphatic heterocycles. The number of carbonyl (C=O) groups is 3. The van der Waals surface area contributed by atoms with Crippen LogP contribution >= 0.6 is 22.9 Å². The number of non-ortho nitro benzene ring substituents is 2. The number of benzene rings is 3. The summed E-state index contributed by atoms with van der Waals surface area (Å²) in [5.41, 5.74) is 4.79. The van der Waals surface area contributed by atoms with Gasteiger partial charge in [-0.25, -0.2) is 0 Å². The van der Waals surface area contributed by atoms with Gasteiger partial charge in [0, 0.05) is 51.2 Å². The second-order valence-electron chi connectivity index (χ2n) is 7.43. The van der Waals surface area contributed by atoms with Crippen molar-refractivity contribution >= 4 is 67.8 Å². The number of fused-ring (bicyclic) bond motifs is 1. The molecule has 37 heavy (non-hydrogen) atoms. The average molecular weight is 540 g/mol. The Balaban J connectivity index is 1.37. The summed E-state index contributed by atoms with van der Waals surface area (Å²) in [5.74, 6) is -1.83. The third kappa shape index (κ3) is 5.52. The number of nitrogens with zero attached hydrogens (tertiary/aromatic N) is 2. The normalized spacial score (nSPS) is 10.5. The topological polar surface area (TPSA) is 174 Å². The van der Waals surface area contributed by atoms with Gasteiger partial charge in [-0.05, 0) is 42.5 Å². The Morgan fingerprint density at radius 2 is 1.24 bits per heavy atom. The lowest BCUT2D eigenvalue weighted by atomic mass is 10.2. The molecule has 0 unspecified atom stereocenters. The van der Waals surface area contributed by atoms with E-state index in [0.29, 0.717) is 15.8 Å². The third-order valence-corrected chi connectivity index (χ3v) is 6.72. The summed E-state index contributed by atoms with van der Waals surface area (Å²) in [7, 11) is 0. The van der Waals surface area contributed by atoms with Crippen molar-refractivity contribution in [2.45, 2.75) is 0 Å². The Morgan fingerprint density at radius 1 is 0.730 bits per heavy atom. The number of nitro benzene ring substituents is 2. The van der Waals surface area contributed by atoms with Gasteiger partial charge in [0.2, 0.25) is 0 Å². The van der Waals surface area contributed by atoms with Gasteiger partial charge in [-0.15, -0.1) is 11.3 Å². The number of hydrazine groups is 1. The number of hydrogen-bond acceptors (Lipinski definition) is 8. The molecule has 1 aromatic heterocycles. The van der Waals surface area contributed by atoms with E-state index in [1.165, 1.54) is 66.7 Å². The van der Waals surface area contributed by atoms with Crippen molar-refractivity contribution in [3.63, 3.8) is 0 Å². The van der Waals surface area contributed by atoms with E-state index < -0.39 is 27.6 Å². The van der Waals surface area contributed by atoms with Crippen molar-refractivity contribution in [2.75, 3.05) is 5.32 Å². The van der Waals surface area contributed by atoms with Crippen LogP contribution in [0.15, 0.2) is 66.7 Å². The molecule has 0 spiro atoms. The fourth-order valence-electron chi connectivity index (χ4n) is 3.20. The van der Waals surface area contributed by atoms with Crippen LogP contribution in [0, 0.1) is 20.2 Å². The van der Waals surface area contributed by atoms with Crippen molar-refractivity contribution in [2.24, 2.45) is 0 Å². The van der Waals surface area contributed by atoms with Crippen molar-refractivity contribution in [3.05, 3.63) is 108 Å². The molecule has 0 atom stereocenters. The summed E-state index contributed by atoms with van der Waals surface area (Å²) in [6.07, 6.45) is 0.